The lowest BCUT2D eigenvalue weighted by Gasteiger charge is -2.36. The highest BCUT2D eigenvalue weighted by atomic mass is 16.2. The zero-order valence-corrected chi connectivity index (χ0v) is 27.4. The van der Waals surface area contributed by atoms with E-state index in [1.165, 1.54) is 5.56 Å². The van der Waals surface area contributed by atoms with E-state index in [-0.39, 0.29) is 42.0 Å². The third kappa shape index (κ3) is 9.28. The third-order valence-corrected chi connectivity index (χ3v) is 9.27. The Kier molecular flexibility index (Phi) is 11.8. The Morgan fingerprint density at radius 1 is 0.915 bits per heavy atom. The first kappa shape index (κ1) is 33.8. The molecule has 5 rings (SSSR count). The number of aryl methyl sites for hydroxylation is 1. The van der Waals surface area contributed by atoms with Crippen LogP contribution in [-0.4, -0.2) is 70.0 Å². The summed E-state index contributed by atoms with van der Waals surface area (Å²) in [5, 5.41) is 16.4. The predicted molar refractivity (Wildman–Crippen MR) is 181 cm³/mol. The van der Waals surface area contributed by atoms with Crippen LogP contribution in [0, 0.1) is 11.8 Å². The molecule has 3 atom stereocenters. The maximum absolute atomic E-state index is 13.8. The number of anilines is 2. The minimum Gasteiger partial charge on any atom is -0.344 e. The number of piperazine rings is 1. The fraction of sp³-hybridized carbons (Fsp3) is 0.472. The first-order valence-electron chi connectivity index (χ1n) is 16.8. The summed E-state index contributed by atoms with van der Waals surface area (Å²) in [5.74, 6) is -1.28. The lowest BCUT2D eigenvalue weighted by Crippen LogP contribution is -2.58. The molecular weight excluding hydrogens is 594 g/mol. The van der Waals surface area contributed by atoms with E-state index in [9.17, 15) is 19.2 Å². The average Bonchev–Trinajstić information content (AvgIpc) is 3.49. The van der Waals surface area contributed by atoms with E-state index >= 15 is 0 Å². The molecule has 11 nitrogen and oxygen atoms in total. The van der Waals surface area contributed by atoms with Crippen LogP contribution in [0.2, 0.25) is 0 Å². The van der Waals surface area contributed by atoms with Crippen molar-refractivity contribution in [1.82, 2.24) is 25.3 Å². The van der Waals surface area contributed by atoms with Crippen LogP contribution in [0.25, 0.3) is 0 Å². The SMILES string of the molecule is CCC(=O)N[C@H](Cc1ccc(NC(=O)[C@@H](C(=O)Nc2ccnn2C)C2CCCCC2)cc1)C(=O)N1CCN[C@@H](Cc2ccccc2)C1. The molecule has 1 aliphatic carbocycles. The molecule has 1 aliphatic heterocycles. The fourth-order valence-corrected chi connectivity index (χ4v) is 6.67. The summed E-state index contributed by atoms with van der Waals surface area (Å²) in [5.41, 5.74) is 2.63. The van der Waals surface area contributed by atoms with E-state index < -0.39 is 12.0 Å². The van der Waals surface area contributed by atoms with Gasteiger partial charge in [-0.15, -0.1) is 0 Å². The number of amides is 4. The van der Waals surface area contributed by atoms with Gasteiger partial charge >= 0.3 is 0 Å². The molecule has 2 fully saturated rings. The number of nitrogens with zero attached hydrogens (tertiary/aromatic N) is 3. The highest BCUT2D eigenvalue weighted by molar-refractivity contribution is 6.10. The summed E-state index contributed by atoms with van der Waals surface area (Å²) in [6, 6.07) is 18.6. The summed E-state index contributed by atoms with van der Waals surface area (Å²) >= 11 is 0. The highest BCUT2D eigenvalue weighted by Gasteiger charge is 2.36. The zero-order chi connectivity index (χ0) is 33.2. The third-order valence-electron chi connectivity index (χ3n) is 9.27. The first-order valence-corrected chi connectivity index (χ1v) is 16.8. The molecule has 4 N–H and O–H groups in total. The van der Waals surface area contributed by atoms with Crippen molar-refractivity contribution in [3.63, 3.8) is 0 Å². The Hall–Kier alpha value is -4.51. The van der Waals surface area contributed by atoms with Crippen molar-refractivity contribution in [2.75, 3.05) is 30.3 Å². The molecule has 11 heteroatoms. The average molecular weight is 642 g/mol. The molecule has 4 amide bonds. The van der Waals surface area contributed by atoms with Crippen molar-refractivity contribution in [3.8, 4) is 0 Å². The maximum atomic E-state index is 13.8. The van der Waals surface area contributed by atoms with E-state index in [0.29, 0.717) is 37.6 Å². The number of hydrogen-bond acceptors (Lipinski definition) is 6. The van der Waals surface area contributed by atoms with Gasteiger partial charge < -0.3 is 26.2 Å². The number of benzene rings is 2. The standard InChI is InChI=1S/C36H47N7O4/c1-3-32(44)40-30(36(47)43-21-20-37-29(24-43)22-25-10-6-4-7-11-25)23-26-14-16-28(17-15-26)39-34(45)33(27-12-8-5-9-13-27)35(46)41-31-18-19-38-42(31)2/h4,6-7,10-11,14-19,27,29-30,33,37H,3,5,8-9,12-13,20-24H2,1-2H3,(H,39,45)(H,40,44)(H,41,46)/t29-,30+,33-/m0/s1. The first-order chi connectivity index (χ1) is 22.8. The van der Waals surface area contributed by atoms with Crippen molar-refractivity contribution >= 4 is 35.1 Å². The van der Waals surface area contributed by atoms with Gasteiger partial charge in [0.2, 0.25) is 23.6 Å². The van der Waals surface area contributed by atoms with Gasteiger partial charge in [0, 0.05) is 57.3 Å². The Morgan fingerprint density at radius 2 is 1.64 bits per heavy atom. The Labute approximate surface area is 276 Å². The molecule has 0 bridgehead atoms. The molecule has 47 heavy (non-hydrogen) atoms. The molecule has 0 unspecified atom stereocenters. The molecule has 3 aromatic rings. The van der Waals surface area contributed by atoms with Crippen molar-refractivity contribution in [2.24, 2.45) is 18.9 Å². The summed E-state index contributed by atoms with van der Waals surface area (Å²) in [7, 11) is 1.74. The van der Waals surface area contributed by atoms with E-state index in [1.807, 2.05) is 35.2 Å². The second-order valence-electron chi connectivity index (χ2n) is 12.7. The summed E-state index contributed by atoms with van der Waals surface area (Å²) in [4.78, 5) is 55.1. The molecule has 2 heterocycles. The summed E-state index contributed by atoms with van der Waals surface area (Å²) in [6.07, 6.45) is 7.79. The molecule has 250 valence electrons. The van der Waals surface area contributed by atoms with Gasteiger partial charge in [0.05, 0.1) is 6.20 Å². The highest BCUT2D eigenvalue weighted by Crippen LogP contribution is 2.32. The van der Waals surface area contributed by atoms with Crippen LogP contribution in [0.1, 0.15) is 56.6 Å². The smallest absolute Gasteiger partial charge is 0.245 e. The van der Waals surface area contributed by atoms with Crippen LogP contribution >= 0.6 is 0 Å². The van der Waals surface area contributed by atoms with Crippen LogP contribution < -0.4 is 21.3 Å². The number of nitrogens with one attached hydrogen (secondary N) is 4. The van der Waals surface area contributed by atoms with Gasteiger partial charge in [-0.25, -0.2) is 0 Å². The minimum absolute atomic E-state index is 0.0394. The van der Waals surface area contributed by atoms with E-state index in [0.717, 1.165) is 44.1 Å². The van der Waals surface area contributed by atoms with Crippen LogP contribution in [0.3, 0.4) is 0 Å². The molecule has 1 saturated carbocycles. The second kappa shape index (κ2) is 16.4. The second-order valence-corrected chi connectivity index (χ2v) is 12.7. The molecular formula is C36H47N7O4. The largest absolute Gasteiger partial charge is 0.344 e. The number of aromatic nitrogens is 2. The van der Waals surface area contributed by atoms with Gasteiger partial charge in [-0.05, 0) is 48.4 Å². The van der Waals surface area contributed by atoms with Crippen LogP contribution in [0.15, 0.2) is 66.9 Å². The van der Waals surface area contributed by atoms with Crippen molar-refractivity contribution in [2.45, 2.75) is 70.4 Å². The monoisotopic (exact) mass is 641 g/mol. The normalized spacial score (nSPS) is 18.2. The van der Waals surface area contributed by atoms with E-state index in [4.69, 9.17) is 0 Å². The van der Waals surface area contributed by atoms with Gasteiger partial charge in [0.15, 0.2) is 0 Å². The number of hydrogen-bond donors (Lipinski definition) is 4. The number of rotatable bonds is 12. The predicted octanol–water partition coefficient (Wildman–Crippen LogP) is 3.67. The molecule has 0 spiro atoms. The molecule has 2 aromatic carbocycles. The maximum Gasteiger partial charge on any atom is 0.245 e. The number of carbonyl (C=O) groups excluding carboxylic acids is 4. The van der Waals surface area contributed by atoms with E-state index in [1.54, 1.807) is 43.0 Å². The molecule has 1 aromatic heterocycles. The van der Waals surface area contributed by atoms with E-state index in [2.05, 4.69) is 38.5 Å². The van der Waals surface area contributed by atoms with Gasteiger partial charge in [-0.1, -0.05) is 68.7 Å². The fourth-order valence-electron chi connectivity index (χ4n) is 6.67. The van der Waals surface area contributed by atoms with Gasteiger partial charge in [0.25, 0.3) is 0 Å². The van der Waals surface area contributed by atoms with Crippen molar-refractivity contribution < 1.29 is 19.2 Å². The Morgan fingerprint density at radius 3 is 2.32 bits per heavy atom. The topological polar surface area (TPSA) is 137 Å². The van der Waals surface area contributed by atoms with Crippen LogP contribution in [-0.2, 0) is 39.1 Å². The quantitative estimate of drug-likeness (QED) is 0.223. The van der Waals surface area contributed by atoms with Gasteiger partial charge in [-0.2, -0.15) is 5.10 Å². The van der Waals surface area contributed by atoms with Gasteiger partial charge in [0.1, 0.15) is 17.8 Å². The minimum atomic E-state index is -0.833. The molecule has 1 saturated heterocycles. The zero-order valence-electron chi connectivity index (χ0n) is 27.4. The van der Waals surface area contributed by atoms with Crippen LogP contribution in [0.5, 0.6) is 0 Å². The lowest BCUT2D eigenvalue weighted by molar-refractivity contribution is -0.137. The Bertz CT molecular complexity index is 1500. The summed E-state index contributed by atoms with van der Waals surface area (Å²) < 4.78 is 1.57. The summed E-state index contributed by atoms with van der Waals surface area (Å²) in [6.45, 7) is 3.60. The molecule has 0 radical (unpaired) electrons. The molecule has 2 aliphatic rings. The Balaban J connectivity index is 1.24. The van der Waals surface area contributed by atoms with Crippen molar-refractivity contribution in [1.29, 1.82) is 0 Å². The number of carbonyl (C=O) groups is 4. The van der Waals surface area contributed by atoms with Crippen molar-refractivity contribution in [3.05, 3.63) is 78.0 Å². The lowest BCUT2D eigenvalue weighted by atomic mass is 9.79. The van der Waals surface area contributed by atoms with Crippen LogP contribution in [0.4, 0.5) is 11.5 Å². The van der Waals surface area contributed by atoms with Gasteiger partial charge in [-0.3, -0.25) is 23.9 Å².